The maximum atomic E-state index is 5.23. The molecule has 0 unspecified atom stereocenters. The summed E-state index contributed by atoms with van der Waals surface area (Å²) in [5, 5.41) is 4.94. The predicted molar refractivity (Wildman–Crippen MR) is 273 cm³/mol. The SMILES string of the molecule is c1ccc(-c2nc(-c3cccc(-c4cccc5c4sc4ccc(-c6cccc(-c7nc8ccccc8n7-c7ccccc7)c6)cc45)c3)nc(-c3cccc4c3sc3ccccc34)n2)cc1. The fourth-order valence-corrected chi connectivity index (χ4v) is 11.6. The number of aromatic nitrogens is 5. The van der Waals surface area contributed by atoms with Gasteiger partial charge in [-0.3, -0.25) is 4.57 Å². The van der Waals surface area contributed by atoms with E-state index < -0.39 is 0 Å². The summed E-state index contributed by atoms with van der Waals surface area (Å²) >= 11 is 3.62. The van der Waals surface area contributed by atoms with Gasteiger partial charge in [0.1, 0.15) is 5.82 Å². The number of thiophene rings is 2. The second-order valence-electron chi connectivity index (χ2n) is 16.2. The van der Waals surface area contributed by atoms with E-state index in [-0.39, 0.29) is 0 Å². The molecule has 304 valence electrons. The van der Waals surface area contributed by atoms with E-state index in [4.69, 9.17) is 19.9 Å². The zero-order chi connectivity index (χ0) is 42.8. The van der Waals surface area contributed by atoms with Crippen LogP contribution in [-0.4, -0.2) is 24.5 Å². The quantitative estimate of drug-likeness (QED) is 0.160. The van der Waals surface area contributed by atoms with Gasteiger partial charge in [0.15, 0.2) is 17.5 Å². The molecule has 0 saturated heterocycles. The molecule has 0 N–H and O–H groups in total. The number of para-hydroxylation sites is 3. The molecule has 9 aromatic carbocycles. The van der Waals surface area contributed by atoms with Crippen molar-refractivity contribution in [1.82, 2.24) is 24.5 Å². The van der Waals surface area contributed by atoms with Crippen LogP contribution in [-0.2, 0) is 0 Å². The van der Waals surface area contributed by atoms with Crippen LogP contribution < -0.4 is 0 Å². The molecule has 0 saturated carbocycles. The first-order valence-electron chi connectivity index (χ1n) is 21.6. The zero-order valence-electron chi connectivity index (χ0n) is 34.8. The van der Waals surface area contributed by atoms with Crippen molar-refractivity contribution in [3.8, 4) is 73.5 Å². The van der Waals surface area contributed by atoms with Crippen molar-refractivity contribution < 1.29 is 0 Å². The van der Waals surface area contributed by atoms with E-state index in [1.165, 1.54) is 51.5 Å². The average Bonchev–Trinajstić information content (AvgIpc) is 4.08. The van der Waals surface area contributed by atoms with Crippen molar-refractivity contribution in [2.45, 2.75) is 0 Å². The number of hydrogen-bond donors (Lipinski definition) is 0. The summed E-state index contributed by atoms with van der Waals surface area (Å²) in [6, 6.07) is 75.0. The largest absolute Gasteiger partial charge is 0.292 e. The highest BCUT2D eigenvalue weighted by molar-refractivity contribution is 7.26. The van der Waals surface area contributed by atoms with Crippen LogP contribution >= 0.6 is 22.7 Å². The molecule has 0 amide bonds. The summed E-state index contributed by atoms with van der Waals surface area (Å²) < 4.78 is 7.18. The molecule has 7 heteroatoms. The normalized spacial score (nSPS) is 11.7. The number of benzene rings is 9. The van der Waals surface area contributed by atoms with Crippen molar-refractivity contribution in [1.29, 1.82) is 0 Å². The minimum atomic E-state index is 0.642. The first-order valence-corrected chi connectivity index (χ1v) is 23.3. The first kappa shape index (κ1) is 37.5. The van der Waals surface area contributed by atoms with Crippen LogP contribution in [0.5, 0.6) is 0 Å². The monoisotopic (exact) mass is 865 g/mol. The van der Waals surface area contributed by atoms with E-state index >= 15 is 0 Å². The van der Waals surface area contributed by atoms with Gasteiger partial charge in [-0.25, -0.2) is 19.9 Å². The summed E-state index contributed by atoms with van der Waals surface area (Å²) in [6.45, 7) is 0. The summed E-state index contributed by atoms with van der Waals surface area (Å²) in [7, 11) is 0. The highest BCUT2D eigenvalue weighted by Crippen LogP contribution is 2.43. The van der Waals surface area contributed by atoms with Crippen LogP contribution in [0.1, 0.15) is 0 Å². The number of hydrogen-bond acceptors (Lipinski definition) is 6. The molecular weight excluding hydrogens is 831 g/mol. The molecule has 0 spiro atoms. The van der Waals surface area contributed by atoms with Crippen LogP contribution in [0.4, 0.5) is 0 Å². The van der Waals surface area contributed by atoms with Crippen LogP contribution in [0.3, 0.4) is 0 Å². The lowest BCUT2D eigenvalue weighted by Crippen LogP contribution is -2.00. The van der Waals surface area contributed by atoms with Crippen molar-refractivity contribution in [2.75, 3.05) is 0 Å². The Morgan fingerprint density at radius 2 is 0.877 bits per heavy atom. The van der Waals surface area contributed by atoms with Gasteiger partial charge in [0.2, 0.25) is 0 Å². The van der Waals surface area contributed by atoms with Crippen LogP contribution in [0.2, 0.25) is 0 Å². The molecule has 5 nitrogen and oxygen atoms in total. The molecule has 4 aromatic heterocycles. The highest BCUT2D eigenvalue weighted by atomic mass is 32.1. The van der Waals surface area contributed by atoms with Gasteiger partial charge in [-0.2, -0.15) is 0 Å². The number of imidazole rings is 1. The average molecular weight is 866 g/mol. The molecule has 4 heterocycles. The second kappa shape index (κ2) is 15.3. The minimum absolute atomic E-state index is 0.642. The van der Waals surface area contributed by atoms with Crippen LogP contribution in [0, 0.1) is 0 Å². The van der Waals surface area contributed by atoms with Gasteiger partial charge in [0, 0.05) is 68.3 Å². The molecule has 13 rings (SSSR count). The molecule has 0 radical (unpaired) electrons. The Morgan fingerprint density at radius 3 is 1.72 bits per heavy atom. The smallest absolute Gasteiger partial charge is 0.165 e. The van der Waals surface area contributed by atoms with E-state index in [0.717, 1.165) is 55.9 Å². The molecule has 0 bridgehead atoms. The van der Waals surface area contributed by atoms with Gasteiger partial charge >= 0.3 is 0 Å². The third kappa shape index (κ3) is 6.43. The zero-order valence-corrected chi connectivity index (χ0v) is 36.4. The van der Waals surface area contributed by atoms with Crippen molar-refractivity contribution in [3.63, 3.8) is 0 Å². The van der Waals surface area contributed by atoms with E-state index in [1.54, 1.807) is 11.3 Å². The molecule has 0 aliphatic heterocycles. The fourth-order valence-electron chi connectivity index (χ4n) is 9.19. The Balaban J connectivity index is 0.899. The lowest BCUT2D eigenvalue weighted by atomic mass is 9.98. The summed E-state index contributed by atoms with van der Waals surface area (Å²) in [5.41, 5.74) is 11.7. The van der Waals surface area contributed by atoms with Crippen LogP contribution in [0.25, 0.3) is 125 Å². The third-order valence-corrected chi connectivity index (χ3v) is 14.7. The van der Waals surface area contributed by atoms with Gasteiger partial charge in [-0.1, -0.05) is 152 Å². The molecule has 65 heavy (non-hydrogen) atoms. The van der Waals surface area contributed by atoms with E-state index in [1.807, 2.05) is 29.5 Å². The Hall–Kier alpha value is -8.10. The Bertz CT molecular complexity index is 3960. The number of fused-ring (bicyclic) bond motifs is 7. The predicted octanol–water partition coefficient (Wildman–Crippen LogP) is 15.9. The van der Waals surface area contributed by atoms with Gasteiger partial charge in [-0.05, 0) is 82.9 Å². The first-order chi connectivity index (χ1) is 32.2. The molecule has 0 atom stereocenters. The lowest BCUT2D eigenvalue weighted by molar-refractivity contribution is 1.08. The fraction of sp³-hybridized carbons (Fsp3) is 0. The maximum absolute atomic E-state index is 5.23. The number of rotatable bonds is 7. The van der Waals surface area contributed by atoms with E-state index in [0.29, 0.717) is 17.5 Å². The molecule has 13 aromatic rings. The van der Waals surface area contributed by atoms with Gasteiger partial charge < -0.3 is 0 Å². The van der Waals surface area contributed by atoms with E-state index in [9.17, 15) is 0 Å². The summed E-state index contributed by atoms with van der Waals surface area (Å²) in [4.78, 5) is 20.6. The molecule has 0 aliphatic carbocycles. The van der Waals surface area contributed by atoms with Gasteiger partial charge in [-0.15, -0.1) is 22.7 Å². The maximum Gasteiger partial charge on any atom is 0.165 e. The van der Waals surface area contributed by atoms with Crippen molar-refractivity contribution in [3.05, 3.63) is 212 Å². The van der Waals surface area contributed by atoms with Gasteiger partial charge in [0.25, 0.3) is 0 Å². The standard InChI is InChI=1S/C58H35N5S2/c1-3-15-36(16-4-1)55-60-56(62-57(61-55)47-27-14-25-45-44-23-7-10-30-51(44)64-54(45)47)40-19-12-18-39(34-40)43-24-13-26-46-48-35-38(31-32-52(48)65-53(43)46)37-17-11-20-41(33-37)58-59-49-28-8-9-29-50(49)63(58)42-21-5-2-6-22-42/h1-35H. The summed E-state index contributed by atoms with van der Waals surface area (Å²) in [5.74, 6) is 2.88. The molecule has 0 aliphatic rings. The second-order valence-corrected chi connectivity index (χ2v) is 18.3. The van der Waals surface area contributed by atoms with Crippen molar-refractivity contribution in [2.24, 2.45) is 0 Å². The van der Waals surface area contributed by atoms with Crippen LogP contribution in [0.15, 0.2) is 212 Å². The Kier molecular flexibility index (Phi) is 8.82. The Labute approximate surface area is 382 Å². The minimum Gasteiger partial charge on any atom is -0.292 e. The highest BCUT2D eigenvalue weighted by Gasteiger charge is 2.19. The van der Waals surface area contributed by atoms with Gasteiger partial charge in [0.05, 0.1) is 11.0 Å². The number of nitrogens with zero attached hydrogens (tertiary/aromatic N) is 5. The summed E-state index contributed by atoms with van der Waals surface area (Å²) in [6.07, 6.45) is 0. The topological polar surface area (TPSA) is 56.5 Å². The third-order valence-electron chi connectivity index (χ3n) is 12.3. The van der Waals surface area contributed by atoms with E-state index in [2.05, 4.69) is 199 Å². The molecule has 0 fully saturated rings. The van der Waals surface area contributed by atoms with Crippen molar-refractivity contribution >= 4 is 74.1 Å². The Morgan fingerprint density at radius 1 is 0.323 bits per heavy atom. The lowest BCUT2D eigenvalue weighted by Gasteiger charge is -2.11. The molecular formula is C58H35N5S2.